The smallest absolute Gasteiger partial charge is 0.289 e. The standard InChI is InChI=1S/C8H10NO6S2/c1-5-7(16(10,11)12)3-6(9-2)4-8(5)17(13,14)15/h3-4H,1-2H3,(H,10,11,12)(H,13,14,15). The highest BCUT2D eigenvalue weighted by Crippen LogP contribution is 2.27. The lowest BCUT2D eigenvalue weighted by Gasteiger charge is -2.09. The lowest BCUT2D eigenvalue weighted by Crippen LogP contribution is -2.08. The van der Waals surface area contributed by atoms with Gasteiger partial charge in [0.05, 0.1) is 5.69 Å². The van der Waals surface area contributed by atoms with Crippen molar-refractivity contribution >= 4 is 25.9 Å². The predicted molar refractivity (Wildman–Crippen MR) is 58.5 cm³/mol. The van der Waals surface area contributed by atoms with Crippen molar-refractivity contribution in [2.45, 2.75) is 16.7 Å². The van der Waals surface area contributed by atoms with Gasteiger partial charge in [0.1, 0.15) is 9.79 Å². The van der Waals surface area contributed by atoms with E-state index in [1.807, 2.05) is 0 Å². The summed E-state index contributed by atoms with van der Waals surface area (Å²) in [5, 5.41) is 3.61. The molecule has 0 amide bonds. The number of nitrogens with zero attached hydrogens (tertiary/aromatic N) is 1. The highest BCUT2D eigenvalue weighted by atomic mass is 32.2. The third-order valence-corrected chi connectivity index (χ3v) is 4.07. The van der Waals surface area contributed by atoms with Crippen molar-refractivity contribution < 1.29 is 25.9 Å². The summed E-state index contributed by atoms with van der Waals surface area (Å²) in [6, 6.07) is 2.03. The monoisotopic (exact) mass is 280 g/mol. The largest absolute Gasteiger partial charge is 0.294 e. The number of benzene rings is 1. The molecule has 0 aliphatic rings. The molecule has 0 aliphatic heterocycles. The lowest BCUT2D eigenvalue weighted by molar-refractivity contribution is 0.479. The van der Waals surface area contributed by atoms with E-state index >= 15 is 0 Å². The highest BCUT2D eigenvalue weighted by molar-refractivity contribution is 7.86. The van der Waals surface area contributed by atoms with Crippen LogP contribution in [0, 0.1) is 6.92 Å². The molecule has 1 aromatic carbocycles. The van der Waals surface area contributed by atoms with Gasteiger partial charge in [-0.3, -0.25) is 14.4 Å². The first-order valence-electron chi connectivity index (χ1n) is 4.27. The van der Waals surface area contributed by atoms with Crippen LogP contribution in [0.1, 0.15) is 5.56 Å². The van der Waals surface area contributed by atoms with Gasteiger partial charge in [0.15, 0.2) is 0 Å². The molecule has 7 nitrogen and oxygen atoms in total. The summed E-state index contributed by atoms with van der Waals surface area (Å²) in [7, 11) is -7.86. The third kappa shape index (κ3) is 2.94. The molecule has 0 heterocycles. The molecular formula is C8H10NO6S2. The summed E-state index contributed by atoms with van der Waals surface area (Å²) in [5.41, 5.74) is -0.252. The Bertz CT molecular complexity index is 594. The van der Waals surface area contributed by atoms with Crippen molar-refractivity contribution in [1.29, 1.82) is 0 Å². The molecule has 2 N–H and O–H groups in total. The molecule has 0 atom stereocenters. The average Bonchev–Trinajstić information content (AvgIpc) is 2.14. The van der Waals surface area contributed by atoms with E-state index < -0.39 is 30.0 Å². The highest BCUT2D eigenvalue weighted by Gasteiger charge is 2.23. The molecule has 0 aromatic heterocycles. The fourth-order valence-electron chi connectivity index (χ4n) is 1.31. The minimum Gasteiger partial charge on any atom is -0.289 e. The Kier molecular flexibility index (Phi) is 3.48. The molecular weight excluding hydrogens is 270 g/mol. The lowest BCUT2D eigenvalue weighted by atomic mass is 10.2. The van der Waals surface area contributed by atoms with E-state index in [2.05, 4.69) is 5.32 Å². The van der Waals surface area contributed by atoms with Gasteiger partial charge in [-0.25, -0.2) is 0 Å². The van der Waals surface area contributed by atoms with Crippen LogP contribution in [-0.2, 0) is 20.2 Å². The third-order valence-electron chi connectivity index (χ3n) is 2.11. The topological polar surface area (TPSA) is 123 Å². The second-order valence-electron chi connectivity index (χ2n) is 3.24. The maximum atomic E-state index is 11.0. The van der Waals surface area contributed by atoms with Crippen LogP contribution in [0.5, 0.6) is 0 Å². The number of hydrogen-bond acceptors (Lipinski definition) is 4. The molecule has 1 rings (SSSR count). The summed E-state index contributed by atoms with van der Waals surface area (Å²) in [6.45, 7) is 1.16. The quantitative estimate of drug-likeness (QED) is 0.770. The van der Waals surface area contributed by atoms with Gasteiger partial charge >= 0.3 is 0 Å². The van der Waals surface area contributed by atoms with Gasteiger partial charge in [0.2, 0.25) is 0 Å². The molecule has 0 saturated carbocycles. The van der Waals surface area contributed by atoms with Gasteiger partial charge in [0.25, 0.3) is 20.2 Å². The number of hydrogen-bond donors (Lipinski definition) is 2. The zero-order chi connectivity index (χ0) is 13.4. The summed E-state index contributed by atoms with van der Waals surface area (Å²) < 4.78 is 62.0. The molecule has 0 bridgehead atoms. The van der Waals surface area contributed by atoms with Crippen LogP contribution >= 0.6 is 0 Å². The van der Waals surface area contributed by atoms with Crippen molar-refractivity contribution in [1.82, 2.24) is 5.32 Å². The second kappa shape index (κ2) is 4.26. The Morgan fingerprint density at radius 3 is 1.59 bits per heavy atom. The number of rotatable bonds is 3. The maximum Gasteiger partial charge on any atom is 0.294 e. The van der Waals surface area contributed by atoms with Crippen LogP contribution in [0.3, 0.4) is 0 Å². The van der Waals surface area contributed by atoms with Crippen LogP contribution in [0.2, 0.25) is 0 Å². The van der Waals surface area contributed by atoms with E-state index in [1.54, 1.807) is 0 Å². The fourth-order valence-corrected chi connectivity index (χ4v) is 2.91. The first kappa shape index (κ1) is 13.9. The van der Waals surface area contributed by atoms with Gasteiger partial charge in [-0.2, -0.15) is 16.8 Å². The summed E-state index contributed by atoms with van der Waals surface area (Å²) in [4.78, 5) is -1.21. The zero-order valence-corrected chi connectivity index (χ0v) is 10.6. The summed E-state index contributed by atoms with van der Waals surface area (Å²) in [6.07, 6.45) is 0. The van der Waals surface area contributed by atoms with Crippen molar-refractivity contribution in [2.75, 3.05) is 7.05 Å². The molecule has 0 aliphatic carbocycles. The Morgan fingerprint density at radius 1 is 1.00 bits per heavy atom. The van der Waals surface area contributed by atoms with Crippen LogP contribution in [-0.4, -0.2) is 33.0 Å². The Labute approximate surface area is 99.0 Å². The van der Waals surface area contributed by atoms with E-state index in [1.165, 1.54) is 7.05 Å². The van der Waals surface area contributed by atoms with E-state index in [4.69, 9.17) is 9.11 Å². The first-order valence-corrected chi connectivity index (χ1v) is 7.15. The van der Waals surface area contributed by atoms with Crippen LogP contribution in [0.15, 0.2) is 21.9 Å². The average molecular weight is 280 g/mol. The van der Waals surface area contributed by atoms with E-state index in [0.717, 1.165) is 19.1 Å². The molecule has 95 valence electrons. The van der Waals surface area contributed by atoms with Crippen LogP contribution in [0.4, 0.5) is 5.69 Å². The van der Waals surface area contributed by atoms with Crippen LogP contribution in [0.25, 0.3) is 0 Å². The van der Waals surface area contributed by atoms with Gasteiger partial charge in [-0.15, -0.1) is 0 Å². The normalized spacial score (nSPS) is 12.5. The van der Waals surface area contributed by atoms with Crippen molar-refractivity contribution in [3.05, 3.63) is 17.7 Å². The van der Waals surface area contributed by atoms with Crippen LogP contribution < -0.4 is 5.32 Å². The van der Waals surface area contributed by atoms with Crippen molar-refractivity contribution in [3.8, 4) is 0 Å². The van der Waals surface area contributed by atoms with Gasteiger partial charge in [-0.05, 0) is 24.6 Å². The molecule has 0 spiro atoms. The minimum absolute atomic E-state index is 0.0100. The molecule has 0 saturated heterocycles. The first-order chi connectivity index (χ1) is 7.57. The SMILES string of the molecule is C[N]c1cc(S(=O)(=O)O)c(C)c(S(=O)(=O)O)c1. The van der Waals surface area contributed by atoms with Crippen molar-refractivity contribution in [2.24, 2.45) is 0 Å². The molecule has 1 radical (unpaired) electrons. The van der Waals surface area contributed by atoms with E-state index in [9.17, 15) is 16.8 Å². The predicted octanol–water partition coefficient (Wildman–Crippen LogP) is 0.354. The Balaban J connectivity index is 3.78. The summed E-state index contributed by atoms with van der Waals surface area (Å²) in [5.74, 6) is 0. The molecule has 9 heteroatoms. The van der Waals surface area contributed by atoms with Gasteiger partial charge < -0.3 is 0 Å². The van der Waals surface area contributed by atoms with Crippen molar-refractivity contribution in [3.63, 3.8) is 0 Å². The zero-order valence-electron chi connectivity index (χ0n) is 8.95. The maximum absolute atomic E-state index is 11.0. The Morgan fingerprint density at radius 2 is 1.35 bits per heavy atom. The van der Waals surface area contributed by atoms with E-state index in [-0.39, 0.29) is 11.3 Å². The van der Waals surface area contributed by atoms with E-state index in [0.29, 0.717) is 0 Å². The molecule has 0 unspecified atom stereocenters. The minimum atomic E-state index is -4.58. The van der Waals surface area contributed by atoms with Gasteiger partial charge in [-0.1, -0.05) is 0 Å². The second-order valence-corrected chi connectivity index (χ2v) is 6.02. The fraction of sp³-hybridized carbons (Fsp3) is 0.250. The molecule has 0 fully saturated rings. The summed E-state index contributed by atoms with van der Waals surface area (Å²) >= 11 is 0. The van der Waals surface area contributed by atoms with Gasteiger partial charge in [0, 0.05) is 7.05 Å². The molecule has 1 aromatic rings. The molecule has 17 heavy (non-hydrogen) atoms. The Hall–Kier alpha value is -1.16.